The molecule has 5 rings (SSSR count). The lowest BCUT2D eigenvalue weighted by Gasteiger charge is -2.47. The first-order valence-corrected chi connectivity index (χ1v) is 11.0. The van der Waals surface area contributed by atoms with E-state index >= 15 is 0 Å². The molecule has 3 heterocycles. The van der Waals surface area contributed by atoms with Crippen molar-refractivity contribution in [1.82, 2.24) is 14.8 Å². The first kappa shape index (κ1) is 20.4. The maximum Gasteiger partial charge on any atom is 0.246 e. The quantitative estimate of drug-likeness (QED) is 0.670. The summed E-state index contributed by atoms with van der Waals surface area (Å²) in [6, 6.07) is 12.7. The third-order valence-corrected chi connectivity index (χ3v) is 6.57. The number of amides is 2. The average molecular weight is 434 g/mol. The van der Waals surface area contributed by atoms with Crippen molar-refractivity contribution in [1.29, 1.82) is 0 Å². The zero-order valence-electron chi connectivity index (χ0n) is 18.6. The van der Waals surface area contributed by atoms with Crippen LogP contribution in [-0.4, -0.2) is 59.9 Å². The van der Waals surface area contributed by atoms with Crippen LogP contribution in [0.5, 0.6) is 11.5 Å². The zero-order chi connectivity index (χ0) is 22.4. The molecule has 32 heavy (non-hydrogen) atoms. The zero-order valence-corrected chi connectivity index (χ0v) is 18.6. The van der Waals surface area contributed by atoms with E-state index in [1.54, 1.807) is 24.0 Å². The Morgan fingerprint density at radius 3 is 2.66 bits per heavy atom. The molecule has 2 unspecified atom stereocenters. The van der Waals surface area contributed by atoms with Gasteiger partial charge in [0, 0.05) is 41.2 Å². The van der Waals surface area contributed by atoms with Crippen molar-refractivity contribution in [3.05, 3.63) is 59.3 Å². The Morgan fingerprint density at radius 2 is 1.91 bits per heavy atom. The number of fused-ring (bicyclic) bond motifs is 4. The largest absolute Gasteiger partial charge is 0.497 e. The number of nitrogens with zero attached hydrogens (tertiary/aromatic N) is 2. The molecule has 2 aliphatic heterocycles. The summed E-state index contributed by atoms with van der Waals surface area (Å²) in [7, 11) is 3.22. The Bertz CT molecular complexity index is 1200. The highest BCUT2D eigenvalue weighted by Gasteiger charge is 2.48. The SMILES string of the molecule is CCCN1CC(=O)N2C(Cc3c([nH]c4ccccc34)C2c2ccc(OC)cc2OC)C1=O. The number of nitrogens with one attached hydrogen (secondary N) is 1. The molecular weight excluding hydrogens is 406 g/mol. The van der Waals surface area contributed by atoms with Crippen LogP contribution in [-0.2, 0) is 16.0 Å². The van der Waals surface area contributed by atoms with Crippen molar-refractivity contribution in [2.75, 3.05) is 27.3 Å². The molecule has 166 valence electrons. The van der Waals surface area contributed by atoms with Crippen LogP contribution in [0, 0.1) is 0 Å². The van der Waals surface area contributed by atoms with E-state index in [1.807, 2.05) is 43.3 Å². The van der Waals surface area contributed by atoms with Crippen LogP contribution >= 0.6 is 0 Å². The molecule has 0 spiro atoms. The first-order valence-electron chi connectivity index (χ1n) is 11.0. The van der Waals surface area contributed by atoms with Crippen LogP contribution < -0.4 is 9.47 Å². The summed E-state index contributed by atoms with van der Waals surface area (Å²) in [5.74, 6) is 1.26. The molecule has 2 aromatic carbocycles. The Morgan fingerprint density at radius 1 is 1.09 bits per heavy atom. The fourth-order valence-corrected chi connectivity index (χ4v) is 5.15. The third kappa shape index (κ3) is 3.03. The molecule has 2 amide bonds. The van der Waals surface area contributed by atoms with Crippen LogP contribution in [0.3, 0.4) is 0 Å². The number of rotatable bonds is 5. The number of hydrogen-bond donors (Lipinski definition) is 1. The maximum atomic E-state index is 13.5. The van der Waals surface area contributed by atoms with Gasteiger partial charge in [0.15, 0.2) is 0 Å². The van der Waals surface area contributed by atoms with Gasteiger partial charge in [-0.3, -0.25) is 9.59 Å². The fourth-order valence-electron chi connectivity index (χ4n) is 5.15. The number of methoxy groups -OCH3 is 2. The van der Waals surface area contributed by atoms with E-state index in [2.05, 4.69) is 11.1 Å². The molecule has 3 aromatic rings. The highest BCUT2D eigenvalue weighted by Crippen LogP contribution is 2.45. The van der Waals surface area contributed by atoms with E-state index < -0.39 is 12.1 Å². The number of benzene rings is 2. The van der Waals surface area contributed by atoms with Gasteiger partial charge in [-0.1, -0.05) is 25.1 Å². The minimum absolute atomic E-state index is 0.0138. The second kappa shape index (κ2) is 7.89. The van der Waals surface area contributed by atoms with E-state index in [-0.39, 0.29) is 18.4 Å². The molecular formula is C25H27N3O4. The Hall–Kier alpha value is -3.48. The van der Waals surface area contributed by atoms with Crippen molar-refractivity contribution in [3.63, 3.8) is 0 Å². The van der Waals surface area contributed by atoms with E-state index in [9.17, 15) is 9.59 Å². The Kier molecular flexibility index (Phi) is 5.04. The number of piperazine rings is 1. The number of ether oxygens (including phenoxy) is 2. The van der Waals surface area contributed by atoms with Gasteiger partial charge in [-0.05, 0) is 30.2 Å². The number of H-pyrrole nitrogens is 1. The molecule has 0 saturated carbocycles. The van der Waals surface area contributed by atoms with Crippen LogP contribution in [0.25, 0.3) is 10.9 Å². The van der Waals surface area contributed by atoms with Crippen LogP contribution in [0.15, 0.2) is 42.5 Å². The average Bonchev–Trinajstić information content (AvgIpc) is 3.19. The highest BCUT2D eigenvalue weighted by atomic mass is 16.5. The van der Waals surface area contributed by atoms with Crippen molar-refractivity contribution in [2.24, 2.45) is 0 Å². The molecule has 2 aliphatic rings. The molecule has 7 heteroatoms. The molecule has 0 aliphatic carbocycles. The number of carbonyl (C=O) groups is 2. The van der Waals surface area contributed by atoms with Gasteiger partial charge in [-0.15, -0.1) is 0 Å². The Balaban J connectivity index is 1.73. The van der Waals surface area contributed by atoms with Gasteiger partial charge in [-0.25, -0.2) is 0 Å². The standard InChI is InChI=1S/C25H27N3O4/c1-4-11-27-14-22(29)28-20(25(27)30)13-18-16-7-5-6-8-19(16)26-23(18)24(28)17-10-9-15(31-2)12-21(17)32-3/h5-10,12,20,24,26H,4,11,13-14H2,1-3H3. The summed E-state index contributed by atoms with van der Waals surface area (Å²) in [5, 5.41) is 1.09. The molecule has 1 N–H and O–H groups in total. The third-order valence-electron chi connectivity index (χ3n) is 6.57. The Labute approximate surface area is 186 Å². The summed E-state index contributed by atoms with van der Waals surface area (Å²) in [6.07, 6.45) is 1.32. The molecule has 1 fully saturated rings. The molecule has 0 radical (unpaired) electrons. The number of aromatic nitrogens is 1. The van der Waals surface area contributed by atoms with Crippen molar-refractivity contribution in [2.45, 2.75) is 31.8 Å². The lowest BCUT2D eigenvalue weighted by molar-refractivity contribution is -0.158. The summed E-state index contributed by atoms with van der Waals surface area (Å²) in [5.41, 5.74) is 3.86. The van der Waals surface area contributed by atoms with E-state index in [0.717, 1.165) is 34.1 Å². The monoisotopic (exact) mass is 433 g/mol. The number of para-hydroxylation sites is 1. The van der Waals surface area contributed by atoms with Crippen LogP contribution in [0.1, 0.15) is 36.2 Å². The summed E-state index contributed by atoms with van der Waals surface area (Å²) in [4.78, 5) is 33.9. The lowest BCUT2D eigenvalue weighted by Crippen LogP contribution is -2.63. The first-order chi connectivity index (χ1) is 15.6. The molecule has 0 bridgehead atoms. The van der Waals surface area contributed by atoms with Gasteiger partial charge in [0.2, 0.25) is 11.8 Å². The second-order valence-corrected chi connectivity index (χ2v) is 8.35. The highest BCUT2D eigenvalue weighted by molar-refractivity contribution is 5.97. The van der Waals surface area contributed by atoms with Crippen molar-refractivity contribution in [3.8, 4) is 11.5 Å². The molecule has 7 nitrogen and oxygen atoms in total. The van der Waals surface area contributed by atoms with Gasteiger partial charge in [0.25, 0.3) is 0 Å². The van der Waals surface area contributed by atoms with Gasteiger partial charge in [0.05, 0.1) is 20.8 Å². The molecule has 1 aromatic heterocycles. The minimum Gasteiger partial charge on any atom is -0.497 e. The smallest absolute Gasteiger partial charge is 0.246 e. The predicted octanol–water partition coefficient (Wildman–Crippen LogP) is 3.28. The number of carbonyl (C=O) groups excluding carboxylic acids is 2. The van der Waals surface area contributed by atoms with Crippen LogP contribution in [0.2, 0.25) is 0 Å². The van der Waals surface area contributed by atoms with E-state index in [1.165, 1.54) is 0 Å². The summed E-state index contributed by atoms with van der Waals surface area (Å²) < 4.78 is 11.1. The predicted molar refractivity (Wildman–Crippen MR) is 121 cm³/mol. The van der Waals surface area contributed by atoms with Crippen LogP contribution in [0.4, 0.5) is 0 Å². The minimum atomic E-state index is -0.536. The maximum absolute atomic E-state index is 13.5. The fraction of sp³-hybridized carbons (Fsp3) is 0.360. The summed E-state index contributed by atoms with van der Waals surface area (Å²) in [6.45, 7) is 2.72. The second-order valence-electron chi connectivity index (χ2n) is 8.35. The summed E-state index contributed by atoms with van der Waals surface area (Å²) >= 11 is 0. The van der Waals surface area contributed by atoms with E-state index in [0.29, 0.717) is 24.5 Å². The number of hydrogen-bond acceptors (Lipinski definition) is 4. The van der Waals surface area contributed by atoms with Gasteiger partial charge >= 0.3 is 0 Å². The normalized spacial score (nSPS) is 20.3. The lowest BCUT2D eigenvalue weighted by atomic mass is 9.85. The van der Waals surface area contributed by atoms with Gasteiger partial charge in [-0.2, -0.15) is 0 Å². The molecule has 1 saturated heterocycles. The van der Waals surface area contributed by atoms with Gasteiger partial charge < -0.3 is 24.3 Å². The van der Waals surface area contributed by atoms with E-state index in [4.69, 9.17) is 9.47 Å². The van der Waals surface area contributed by atoms with Crippen molar-refractivity contribution >= 4 is 22.7 Å². The molecule has 2 atom stereocenters. The van der Waals surface area contributed by atoms with Crippen molar-refractivity contribution < 1.29 is 19.1 Å². The van der Waals surface area contributed by atoms with Gasteiger partial charge in [0.1, 0.15) is 23.6 Å². The number of aromatic amines is 1. The topological polar surface area (TPSA) is 74.9 Å².